The first-order valence-electron chi connectivity index (χ1n) is 17.6. The highest BCUT2D eigenvalue weighted by molar-refractivity contribution is 6.15. The summed E-state index contributed by atoms with van der Waals surface area (Å²) in [5.74, 6) is 1.94. The van der Waals surface area contributed by atoms with Gasteiger partial charge >= 0.3 is 0 Å². The minimum Gasteiger partial charge on any atom is -0.438 e. The van der Waals surface area contributed by atoms with Crippen molar-refractivity contribution in [1.29, 1.82) is 0 Å². The predicted molar refractivity (Wildman–Crippen MR) is 210 cm³/mol. The second kappa shape index (κ2) is 11.7. The predicted octanol–water partition coefficient (Wildman–Crippen LogP) is 11.8. The zero-order chi connectivity index (χ0) is 34.8. The number of benzene rings is 6. The Balaban J connectivity index is 1.04. The largest absolute Gasteiger partial charge is 0.438 e. The number of rotatable bonds is 5. The number of para-hydroxylation sites is 1. The van der Waals surface area contributed by atoms with E-state index in [0.29, 0.717) is 23.2 Å². The van der Waals surface area contributed by atoms with E-state index in [0.717, 1.165) is 55.4 Å². The molecule has 1 aliphatic carbocycles. The first-order valence-corrected chi connectivity index (χ1v) is 17.6. The van der Waals surface area contributed by atoms with Crippen LogP contribution in [0.5, 0.6) is 0 Å². The van der Waals surface area contributed by atoms with Gasteiger partial charge in [-0.15, -0.1) is 0 Å². The number of aromatic nitrogens is 4. The lowest BCUT2D eigenvalue weighted by atomic mass is 9.80. The van der Waals surface area contributed by atoms with E-state index in [1.165, 1.54) is 22.3 Å². The van der Waals surface area contributed by atoms with Gasteiger partial charge in [-0.25, -0.2) is 19.9 Å². The van der Waals surface area contributed by atoms with Crippen molar-refractivity contribution in [2.24, 2.45) is 0 Å². The molecule has 246 valence electrons. The highest BCUT2D eigenvalue weighted by Crippen LogP contribution is 2.55. The third-order valence-electron chi connectivity index (χ3n) is 10.4. The van der Waals surface area contributed by atoms with Crippen molar-refractivity contribution in [1.82, 2.24) is 19.9 Å². The first kappa shape index (κ1) is 30.1. The minimum atomic E-state index is -0.231. The molecule has 3 heterocycles. The lowest BCUT2D eigenvalue weighted by Crippen LogP contribution is -2.17. The van der Waals surface area contributed by atoms with Gasteiger partial charge in [-0.2, -0.15) is 0 Å². The standard InChI is InChI=1S/C47H32N4O/c1-47(2)37-19-11-9-17-35(37)39-40-36-18-10-12-20-38(36)52-46(40)48-42(41(39)47)31-25-21-29(22-26-31)30-23-27-34(28-24-30)45-50-43(32-13-5-3-6-14-32)49-44(51-45)33-15-7-4-8-16-33/h3-28H,1-2H3. The van der Waals surface area contributed by atoms with E-state index < -0.39 is 0 Å². The molecule has 0 N–H and O–H groups in total. The molecule has 0 saturated carbocycles. The molecule has 0 aliphatic heterocycles. The summed E-state index contributed by atoms with van der Waals surface area (Å²) >= 11 is 0. The third-order valence-corrected chi connectivity index (χ3v) is 10.4. The van der Waals surface area contributed by atoms with Gasteiger partial charge in [0.15, 0.2) is 17.5 Å². The second-order valence-corrected chi connectivity index (χ2v) is 13.9. The molecular formula is C47H32N4O. The Morgan fingerprint density at radius 3 is 1.54 bits per heavy atom. The van der Waals surface area contributed by atoms with Gasteiger partial charge < -0.3 is 4.42 Å². The van der Waals surface area contributed by atoms with E-state index in [1.54, 1.807) is 0 Å². The molecule has 5 heteroatoms. The lowest BCUT2D eigenvalue weighted by molar-refractivity contribution is 0.645. The van der Waals surface area contributed by atoms with E-state index in [4.69, 9.17) is 24.4 Å². The summed E-state index contributed by atoms with van der Waals surface area (Å²) in [4.78, 5) is 19.9. The zero-order valence-electron chi connectivity index (χ0n) is 28.7. The summed E-state index contributed by atoms with van der Waals surface area (Å²) in [6.07, 6.45) is 0. The van der Waals surface area contributed by atoms with Crippen molar-refractivity contribution in [2.45, 2.75) is 19.3 Å². The monoisotopic (exact) mass is 668 g/mol. The number of hydrogen-bond donors (Lipinski definition) is 0. The molecule has 0 radical (unpaired) electrons. The smallest absolute Gasteiger partial charge is 0.228 e. The van der Waals surface area contributed by atoms with Gasteiger partial charge in [0.1, 0.15) is 5.58 Å². The molecule has 5 nitrogen and oxygen atoms in total. The van der Waals surface area contributed by atoms with E-state index in [2.05, 4.69) is 98.8 Å². The van der Waals surface area contributed by atoms with Crippen LogP contribution in [0.15, 0.2) is 162 Å². The van der Waals surface area contributed by atoms with E-state index in [9.17, 15) is 0 Å². The van der Waals surface area contributed by atoms with Gasteiger partial charge in [-0.1, -0.05) is 166 Å². The Labute approximate surface area is 301 Å². The topological polar surface area (TPSA) is 64.7 Å². The molecule has 52 heavy (non-hydrogen) atoms. The zero-order valence-corrected chi connectivity index (χ0v) is 28.7. The molecule has 0 fully saturated rings. The van der Waals surface area contributed by atoms with Crippen molar-refractivity contribution in [2.75, 3.05) is 0 Å². The molecule has 0 saturated heterocycles. The summed E-state index contributed by atoms with van der Waals surface area (Å²) in [6.45, 7) is 4.62. The van der Waals surface area contributed by atoms with Crippen LogP contribution in [0, 0.1) is 0 Å². The van der Waals surface area contributed by atoms with Gasteiger partial charge in [0, 0.05) is 38.6 Å². The summed E-state index contributed by atoms with van der Waals surface area (Å²) < 4.78 is 6.40. The van der Waals surface area contributed by atoms with Crippen molar-refractivity contribution in [3.63, 3.8) is 0 Å². The van der Waals surface area contributed by atoms with Crippen LogP contribution in [-0.4, -0.2) is 19.9 Å². The maximum absolute atomic E-state index is 6.40. The molecule has 0 atom stereocenters. The highest BCUT2D eigenvalue weighted by Gasteiger charge is 2.40. The van der Waals surface area contributed by atoms with Gasteiger partial charge in [-0.3, -0.25) is 0 Å². The molecule has 1 aliphatic rings. The van der Waals surface area contributed by atoms with Crippen LogP contribution in [0.1, 0.15) is 25.0 Å². The van der Waals surface area contributed by atoms with Gasteiger partial charge in [0.2, 0.25) is 5.71 Å². The number of pyridine rings is 1. The Kier molecular flexibility index (Phi) is 6.77. The molecule has 0 unspecified atom stereocenters. The molecule has 3 aromatic heterocycles. The molecule has 0 spiro atoms. The van der Waals surface area contributed by atoms with Crippen molar-refractivity contribution in [3.05, 3.63) is 169 Å². The van der Waals surface area contributed by atoms with E-state index in [-0.39, 0.29) is 5.41 Å². The van der Waals surface area contributed by atoms with Crippen LogP contribution in [0.2, 0.25) is 0 Å². The van der Waals surface area contributed by atoms with Gasteiger partial charge in [0.25, 0.3) is 0 Å². The Hall–Kier alpha value is -6.72. The Morgan fingerprint density at radius 2 is 0.923 bits per heavy atom. The SMILES string of the molecule is CC1(C)c2ccccc2-c2c1c(-c1ccc(-c3ccc(-c4nc(-c5ccccc5)nc(-c5ccccc5)n4)cc3)cc1)nc1oc3ccccc3c21. The van der Waals surface area contributed by atoms with Gasteiger partial charge in [0.05, 0.1) is 11.1 Å². The summed E-state index contributed by atoms with van der Waals surface area (Å²) in [7, 11) is 0. The molecule has 0 amide bonds. The Morgan fingerprint density at radius 1 is 0.442 bits per heavy atom. The molecular weight excluding hydrogens is 637 g/mol. The number of fused-ring (bicyclic) bond motifs is 7. The van der Waals surface area contributed by atoms with Crippen LogP contribution in [0.25, 0.3) is 89.7 Å². The van der Waals surface area contributed by atoms with E-state index >= 15 is 0 Å². The lowest BCUT2D eigenvalue weighted by Gasteiger charge is -2.24. The third kappa shape index (κ3) is 4.78. The van der Waals surface area contributed by atoms with E-state index in [1.807, 2.05) is 72.8 Å². The number of nitrogens with zero attached hydrogens (tertiary/aromatic N) is 4. The normalized spacial score (nSPS) is 13.0. The summed E-state index contributed by atoms with van der Waals surface area (Å²) in [5.41, 5.74) is 13.4. The quantitative estimate of drug-likeness (QED) is 0.183. The van der Waals surface area contributed by atoms with Crippen LogP contribution >= 0.6 is 0 Å². The summed E-state index contributed by atoms with van der Waals surface area (Å²) in [5, 5.41) is 2.19. The maximum Gasteiger partial charge on any atom is 0.228 e. The van der Waals surface area contributed by atoms with Gasteiger partial charge in [-0.05, 0) is 33.9 Å². The fraction of sp³-hybridized carbons (Fsp3) is 0.0638. The fourth-order valence-corrected chi connectivity index (χ4v) is 7.79. The first-order chi connectivity index (χ1) is 25.5. The number of hydrogen-bond acceptors (Lipinski definition) is 5. The van der Waals surface area contributed by atoms with Crippen LogP contribution in [-0.2, 0) is 5.41 Å². The maximum atomic E-state index is 6.40. The van der Waals surface area contributed by atoms with Crippen LogP contribution in [0.4, 0.5) is 0 Å². The number of furan rings is 1. The molecule has 10 rings (SSSR count). The highest BCUT2D eigenvalue weighted by atomic mass is 16.3. The average molecular weight is 669 g/mol. The summed E-state index contributed by atoms with van der Waals surface area (Å²) in [6, 6.07) is 54.3. The molecule has 0 bridgehead atoms. The minimum absolute atomic E-state index is 0.231. The average Bonchev–Trinajstić information content (AvgIpc) is 3.70. The fourth-order valence-electron chi connectivity index (χ4n) is 7.79. The second-order valence-electron chi connectivity index (χ2n) is 13.9. The Bertz CT molecular complexity index is 2730. The van der Waals surface area contributed by atoms with Crippen molar-refractivity contribution in [3.8, 4) is 67.7 Å². The van der Waals surface area contributed by atoms with Crippen LogP contribution < -0.4 is 0 Å². The molecule has 6 aromatic carbocycles. The van der Waals surface area contributed by atoms with Crippen molar-refractivity contribution >= 4 is 22.1 Å². The molecule has 9 aromatic rings. The van der Waals surface area contributed by atoms with Crippen LogP contribution in [0.3, 0.4) is 0 Å². The van der Waals surface area contributed by atoms with Crippen molar-refractivity contribution < 1.29 is 4.42 Å².